The van der Waals surface area contributed by atoms with E-state index in [2.05, 4.69) is 9.44 Å². The van der Waals surface area contributed by atoms with Gasteiger partial charge in [0.15, 0.2) is 0 Å². The van der Waals surface area contributed by atoms with Crippen LogP contribution in [0.4, 0.5) is 0 Å². The molecule has 0 heterocycles. The Bertz CT molecular complexity index is 380. The van der Waals surface area contributed by atoms with Gasteiger partial charge in [-0.2, -0.15) is 13.1 Å². The van der Waals surface area contributed by atoms with Gasteiger partial charge in [0, 0.05) is 12.1 Å². The topological polar surface area (TPSA) is 95.5 Å². The van der Waals surface area contributed by atoms with Crippen LogP contribution in [0.3, 0.4) is 0 Å². The molecular weight excluding hydrogens is 256 g/mol. The van der Waals surface area contributed by atoms with Crippen LogP contribution in [0.1, 0.15) is 47.5 Å². The van der Waals surface area contributed by atoms with Crippen LogP contribution in [-0.2, 0) is 15.0 Å². The Morgan fingerprint density at radius 3 is 1.89 bits per heavy atom. The molecule has 0 amide bonds. The first-order chi connectivity index (χ1) is 7.98. The van der Waals surface area contributed by atoms with Crippen molar-refractivity contribution in [2.45, 2.75) is 53.0 Å². The molecule has 0 aliphatic rings. The zero-order chi connectivity index (χ0) is 14.6. The van der Waals surface area contributed by atoms with Crippen LogP contribution in [-0.4, -0.2) is 31.6 Å². The van der Waals surface area contributed by atoms with E-state index in [0.29, 0.717) is 12.8 Å². The third-order valence-electron chi connectivity index (χ3n) is 2.85. The molecule has 0 atom stereocenters. The summed E-state index contributed by atoms with van der Waals surface area (Å²) >= 11 is 0. The van der Waals surface area contributed by atoms with Gasteiger partial charge in [0.2, 0.25) is 0 Å². The Morgan fingerprint density at radius 1 is 1.17 bits per heavy atom. The van der Waals surface area contributed by atoms with Crippen LogP contribution < -0.4 is 9.44 Å². The molecule has 0 aromatic carbocycles. The van der Waals surface area contributed by atoms with Crippen molar-refractivity contribution in [2.24, 2.45) is 5.41 Å². The molecule has 0 radical (unpaired) electrons. The number of carboxylic acid groups (broad SMARTS) is 1. The maximum Gasteiger partial charge on any atom is 0.310 e. The highest BCUT2D eigenvalue weighted by atomic mass is 32.2. The normalized spacial score (nSPS) is 13.6. The lowest BCUT2D eigenvalue weighted by atomic mass is 9.83. The second-order valence-electron chi connectivity index (χ2n) is 5.47. The summed E-state index contributed by atoms with van der Waals surface area (Å²) in [6.45, 7) is 8.52. The largest absolute Gasteiger partial charge is 0.481 e. The third kappa shape index (κ3) is 5.32. The van der Waals surface area contributed by atoms with E-state index in [1.807, 2.05) is 0 Å². The van der Waals surface area contributed by atoms with Crippen molar-refractivity contribution in [3.8, 4) is 0 Å². The van der Waals surface area contributed by atoms with Gasteiger partial charge in [-0.3, -0.25) is 4.79 Å². The van der Waals surface area contributed by atoms with Gasteiger partial charge >= 0.3 is 5.97 Å². The molecule has 0 aromatic heterocycles. The van der Waals surface area contributed by atoms with Gasteiger partial charge in [-0.15, -0.1) is 0 Å². The molecule has 0 fully saturated rings. The summed E-state index contributed by atoms with van der Waals surface area (Å²) in [5.74, 6) is -0.981. The molecule has 18 heavy (non-hydrogen) atoms. The minimum absolute atomic E-state index is 0.110. The molecule has 108 valence electrons. The van der Waals surface area contributed by atoms with Crippen LogP contribution in [0, 0.1) is 5.41 Å². The molecule has 0 aliphatic heterocycles. The molecule has 7 heteroatoms. The molecule has 6 nitrogen and oxygen atoms in total. The highest BCUT2D eigenvalue weighted by molar-refractivity contribution is 7.87. The van der Waals surface area contributed by atoms with Crippen molar-refractivity contribution in [3.63, 3.8) is 0 Å². The first-order valence-electron chi connectivity index (χ1n) is 6.00. The summed E-state index contributed by atoms with van der Waals surface area (Å²) in [4.78, 5) is 11.2. The molecular formula is C11H24N2O4S. The molecule has 0 rings (SSSR count). The van der Waals surface area contributed by atoms with E-state index >= 15 is 0 Å². The number of hydrogen-bond donors (Lipinski definition) is 3. The zero-order valence-corrected chi connectivity index (χ0v) is 12.5. The smallest absolute Gasteiger partial charge is 0.310 e. The number of aliphatic carboxylic acids is 1. The summed E-state index contributed by atoms with van der Waals surface area (Å²) in [7, 11) is -3.69. The van der Waals surface area contributed by atoms with Gasteiger partial charge in [-0.25, -0.2) is 4.72 Å². The average Bonchev–Trinajstić information content (AvgIpc) is 2.15. The minimum atomic E-state index is -3.69. The van der Waals surface area contributed by atoms with Crippen molar-refractivity contribution in [1.82, 2.24) is 9.44 Å². The lowest BCUT2D eigenvalue weighted by Crippen LogP contribution is -2.50. The average molecular weight is 280 g/mol. The summed E-state index contributed by atoms with van der Waals surface area (Å²) in [6, 6.07) is 0. The van der Waals surface area contributed by atoms with E-state index in [1.54, 1.807) is 34.6 Å². The van der Waals surface area contributed by atoms with Gasteiger partial charge in [0.05, 0.1) is 5.41 Å². The maximum absolute atomic E-state index is 11.7. The third-order valence-corrected chi connectivity index (χ3v) is 4.25. The van der Waals surface area contributed by atoms with E-state index < -0.39 is 27.1 Å². The van der Waals surface area contributed by atoms with Crippen LogP contribution in [0.25, 0.3) is 0 Å². The monoisotopic (exact) mass is 280 g/mol. The first kappa shape index (κ1) is 17.3. The molecule has 3 N–H and O–H groups in total. The fourth-order valence-corrected chi connectivity index (χ4v) is 2.90. The Labute approximate surface area is 109 Å². The van der Waals surface area contributed by atoms with E-state index in [9.17, 15) is 18.3 Å². The Morgan fingerprint density at radius 2 is 1.61 bits per heavy atom. The highest BCUT2D eigenvalue weighted by Gasteiger charge is 2.36. The van der Waals surface area contributed by atoms with Crippen molar-refractivity contribution in [3.05, 3.63) is 0 Å². The number of hydrogen-bond acceptors (Lipinski definition) is 3. The molecule has 0 bridgehead atoms. The fourth-order valence-electron chi connectivity index (χ4n) is 1.55. The van der Waals surface area contributed by atoms with Gasteiger partial charge in [-0.05, 0) is 33.6 Å². The van der Waals surface area contributed by atoms with E-state index in [0.717, 1.165) is 0 Å². The summed E-state index contributed by atoms with van der Waals surface area (Å²) in [5.41, 5.74) is -1.65. The number of rotatable bonds is 7. The Hall–Kier alpha value is -0.660. The summed E-state index contributed by atoms with van der Waals surface area (Å²) < 4.78 is 28.2. The number of nitrogens with one attached hydrogen (secondary N) is 2. The van der Waals surface area contributed by atoms with E-state index in [-0.39, 0.29) is 6.54 Å². The second-order valence-corrected chi connectivity index (χ2v) is 6.97. The quantitative estimate of drug-likeness (QED) is 0.650. The van der Waals surface area contributed by atoms with Gasteiger partial charge in [0.25, 0.3) is 10.2 Å². The van der Waals surface area contributed by atoms with Crippen LogP contribution >= 0.6 is 0 Å². The molecule has 0 aromatic rings. The standard InChI is InChI=1S/C11H24N2O4S/c1-6-11(7-2,9(14)15)8-12-18(16,17)13-10(3,4)5/h12-13H,6-8H2,1-5H3,(H,14,15). The first-order valence-corrected chi connectivity index (χ1v) is 7.48. The zero-order valence-electron chi connectivity index (χ0n) is 11.7. The Kier molecular flexibility index (Phi) is 5.77. The van der Waals surface area contributed by atoms with Gasteiger partial charge < -0.3 is 5.11 Å². The lowest BCUT2D eigenvalue weighted by Gasteiger charge is -2.28. The van der Waals surface area contributed by atoms with Crippen molar-refractivity contribution < 1.29 is 18.3 Å². The molecule has 0 saturated carbocycles. The molecule has 0 unspecified atom stereocenters. The second kappa shape index (κ2) is 5.99. The highest BCUT2D eigenvalue weighted by Crippen LogP contribution is 2.25. The van der Waals surface area contributed by atoms with Crippen LogP contribution in [0.5, 0.6) is 0 Å². The van der Waals surface area contributed by atoms with Crippen LogP contribution in [0.2, 0.25) is 0 Å². The van der Waals surface area contributed by atoms with Gasteiger partial charge in [-0.1, -0.05) is 13.8 Å². The van der Waals surface area contributed by atoms with E-state index in [1.165, 1.54) is 0 Å². The summed E-state index contributed by atoms with van der Waals surface area (Å²) in [5, 5.41) is 9.20. The van der Waals surface area contributed by atoms with Crippen molar-refractivity contribution in [2.75, 3.05) is 6.54 Å². The molecule has 0 saturated heterocycles. The predicted octanol–water partition coefficient (Wildman–Crippen LogP) is 1.10. The Balaban J connectivity index is 4.78. The molecule has 0 spiro atoms. The van der Waals surface area contributed by atoms with Crippen molar-refractivity contribution >= 4 is 16.2 Å². The maximum atomic E-state index is 11.7. The predicted molar refractivity (Wildman–Crippen MR) is 70.5 cm³/mol. The molecule has 0 aliphatic carbocycles. The minimum Gasteiger partial charge on any atom is -0.481 e. The summed E-state index contributed by atoms with van der Waals surface area (Å²) in [6.07, 6.45) is 0.744. The SMILES string of the molecule is CCC(CC)(CNS(=O)(=O)NC(C)(C)C)C(=O)O. The van der Waals surface area contributed by atoms with E-state index in [4.69, 9.17) is 0 Å². The number of carbonyl (C=O) groups is 1. The van der Waals surface area contributed by atoms with Crippen molar-refractivity contribution in [1.29, 1.82) is 0 Å². The van der Waals surface area contributed by atoms with Crippen LogP contribution in [0.15, 0.2) is 0 Å². The number of carboxylic acids is 1. The lowest BCUT2D eigenvalue weighted by molar-refractivity contribution is -0.149. The van der Waals surface area contributed by atoms with Gasteiger partial charge in [0.1, 0.15) is 0 Å². The fraction of sp³-hybridized carbons (Fsp3) is 0.909.